The Balaban J connectivity index is 2.31. The van der Waals surface area contributed by atoms with Crippen LogP contribution in [0.25, 0.3) is 0 Å². The number of esters is 1. The second-order valence-corrected chi connectivity index (χ2v) is 4.05. The molecule has 1 fully saturated rings. The summed E-state index contributed by atoms with van der Waals surface area (Å²) in [6, 6.07) is 0. The molecule has 0 aliphatic carbocycles. The van der Waals surface area contributed by atoms with Crippen molar-refractivity contribution in [2.24, 2.45) is 0 Å². The van der Waals surface area contributed by atoms with Gasteiger partial charge in [-0.05, 0) is 26.2 Å². The summed E-state index contributed by atoms with van der Waals surface area (Å²) in [5.41, 5.74) is 0.418. The summed E-state index contributed by atoms with van der Waals surface area (Å²) in [6.45, 7) is 2.62. The van der Waals surface area contributed by atoms with Gasteiger partial charge < -0.3 is 9.47 Å². The van der Waals surface area contributed by atoms with Crippen LogP contribution in [0.3, 0.4) is 0 Å². The molecule has 0 radical (unpaired) electrons. The zero-order chi connectivity index (χ0) is 13.0. The molecule has 1 unspecified atom stereocenters. The Morgan fingerprint density at radius 3 is 3.11 bits per heavy atom. The molecule has 6 heteroatoms. The number of aromatic nitrogens is 2. The van der Waals surface area contributed by atoms with Crippen LogP contribution in [0, 0.1) is 0 Å². The van der Waals surface area contributed by atoms with Crippen molar-refractivity contribution < 1.29 is 19.1 Å². The lowest BCUT2D eigenvalue weighted by molar-refractivity contribution is -0.0417. The Hall–Kier alpha value is -1.69. The molecule has 0 spiro atoms. The fraction of sp³-hybridized carbons (Fsp3) is 0.583. The van der Waals surface area contributed by atoms with Crippen LogP contribution >= 0.6 is 0 Å². The van der Waals surface area contributed by atoms with Gasteiger partial charge in [-0.25, -0.2) is 9.48 Å². The van der Waals surface area contributed by atoms with E-state index in [1.165, 1.54) is 10.9 Å². The van der Waals surface area contributed by atoms with Gasteiger partial charge in [0.15, 0.2) is 18.2 Å². The lowest BCUT2D eigenvalue weighted by atomic mass is 10.2. The minimum absolute atomic E-state index is 0.179. The van der Waals surface area contributed by atoms with Gasteiger partial charge in [0.2, 0.25) is 0 Å². The maximum absolute atomic E-state index is 11.9. The highest BCUT2D eigenvalue weighted by molar-refractivity contribution is 5.96. The van der Waals surface area contributed by atoms with Gasteiger partial charge in [0.1, 0.15) is 0 Å². The van der Waals surface area contributed by atoms with Gasteiger partial charge >= 0.3 is 5.97 Å². The standard InChI is InChI=1S/C12H16N2O4/c1-2-17-12(16)11-9(8-15)7-13-14(11)10-5-3-4-6-18-10/h7-8,10H,2-6H2,1H3. The van der Waals surface area contributed by atoms with E-state index in [2.05, 4.69) is 5.10 Å². The second-order valence-electron chi connectivity index (χ2n) is 4.05. The van der Waals surface area contributed by atoms with Gasteiger partial charge in [-0.15, -0.1) is 0 Å². The summed E-state index contributed by atoms with van der Waals surface area (Å²) in [5, 5.41) is 4.07. The van der Waals surface area contributed by atoms with Crippen LogP contribution in [0.4, 0.5) is 0 Å². The summed E-state index contributed by atoms with van der Waals surface area (Å²) in [7, 11) is 0. The molecule has 2 heterocycles. The number of carbonyl (C=O) groups is 2. The van der Waals surface area contributed by atoms with Crippen molar-refractivity contribution in [3.63, 3.8) is 0 Å². The molecule has 18 heavy (non-hydrogen) atoms. The Kier molecular flexibility index (Phi) is 4.09. The van der Waals surface area contributed by atoms with Crippen molar-refractivity contribution in [3.05, 3.63) is 17.5 Å². The summed E-state index contributed by atoms with van der Waals surface area (Å²) >= 11 is 0. The summed E-state index contributed by atoms with van der Waals surface area (Å²) in [6.07, 6.45) is 4.50. The maximum Gasteiger partial charge on any atom is 0.357 e. The molecule has 0 saturated carbocycles. The van der Waals surface area contributed by atoms with E-state index >= 15 is 0 Å². The lowest BCUT2D eigenvalue weighted by Crippen LogP contribution is -2.24. The molecule has 1 saturated heterocycles. The van der Waals surface area contributed by atoms with Gasteiger partial charge in [-0.2, -0.15) is 5.10 Å². The molecule has 6 nitrogen and oxygen atoms in total. The van der Waals surface area contributed by atoms with E-state index in [9.17, 15) is 9.59 Å². The highest BCUT2D eigenvalue weighted by Gasteiger charge is 2.26. The smallest absolute Gasteiger partial charge is 0.357 e. The Labute approximate surface area is 105 Å². The molecule has 1 atom stereocenters. The number of nitrogens with zero attached hydrogens (tertiary/aromatic N) is 2. The van der Waals surface area contributed by atoms with E-state index in [1.54, 1.807) is 6.92 Å². The summed E-state index contributed by atoms with van der Waals surface area (Å²) < 4.78 is 12.0. The molecule has 98 valence electrons. The minimum Gasteiger partial charge on any atom is -0.461 e. The zero-order valence-electron chi connectivity index (χ0n) is 10.3. The first-order chi connectivity index (χ1) is 8.77. The highest BCUT2D eigenvalue weighted by Crippen LogP contribution is 2.24. The first-order valence-corrected chi connectivity index (χ1v) is 6.09. The van der Waals surface area contributed by atoms with Crippen LogP contribution in [0.5, 0.6) is 0 Å². The monoisotopic (exact) mass is 252 g/mol. The van der Waals surface area contributed by atoms with Crippen LogP contribution in [0.2, 0.25) is 0 Å². The molecule has 2 rings (SSSR count). The molecule has 0 amide bonds. The first-order valence-electron chi connectivity index (χ1n) is 6.09. The molecular weight excluding hydrogens is 236 g/mol. The predicted molar refractivity (Wildman–Crippen MR) is 62.4 cm³/mol. The number of hydrogen-bond acceptors (Lipinski definition) is 5. The van der Waals surface area contributed by atoms with E-state index in [0.717, 1.165) is 19.3 Å². The molecule has 1 aromatic heterocycles. The third kappa shape index (κ3) is 2.43. The molecule has 0 aromatic carbocycles. The quantitative estimate of drug-likeness (QED) is 0.601. The van der Waals surface area contributed by atoms with E-state index in [4.69, 9.17) is 9.47 Å². The zero-order valence-corrected chi connectivity index (χ0v) is 10.3. The fourth-order valence-electron chi connectivity index (χ4n) is 2.01. The first kappa shape index (κ1) is 12.8. The van der Waals surface area contributed by atoms with E-state index in [1.807, 2.05) is 0 Å². The van der Waals surface area contributed by atoms with Crippen LogP contribution in [0.15, 0.2) is 6.20 Å². The van der Waals surface area contributed by atoms with E-state index in [-0.39, 0.29) is 24.1 Å². The number of rotatable bonds is 4. The topological polar surface area (TPSA) is 70.4 Å². The normalized spacial score (nSPS) is 19.5. The average Bonchev–Trinajstić information content (AvgIpc) is 2.84. The van der Waals surface area contributed by atoms with Crippen LogP contribution in [-0.2, 0) is 9.47 Å². The van der Waals surface area contributed by atoms with E-state index < -0.39 is 5.97 Å². The maximum atomic E-state index is 11.9. The number of ether oxygens (including phenoxy) is 2. The van der Waals surface area contributed by atoms with Gasteiger partial charge in [0.25, 0.3) is 0 Å². The molecular formula is C12H16N2O4. The van der Waals surface area contributed by atoms with Gasteiger partial charge in [0, 0.05) is 6.61 Å². The van der Waals surface area contributed by atoms with Crippen LogP contribution < -0.4 is 0 Å². The predicted octanol–water partition coefficient (Wildman–Crippen LogP) is 1.57. The van der Waals surface area contributed by atoms with Crippen molar-refractivity contribution >= 4 is 12.3 Å². The Morgan fingerprint density at radius 2 is 2.50 bits per heavy atom. The Morgan fingerprint density at radius 1 is 1.67 bits per heavy atom. The number of carbonyl (C=O) groups excluding carboxylic acids is 2. The third-order valence-electron chi connectivity index (χ3n) is 2.85. The van der Waals surface area contributed by atoms with Crippen LogP contribution in [-0.4, -0.2) is 35.2 Å². The lowest BCUT2D eigenvalue weighted by Gasteiger charge is -2.24. The Bertz CT molecular complexity index is 435. The highest BCUT2D eigenvalue weighted by atomic mass is 16.5. The summed E-state index contributed by atoms with van der Waals surface area (Å²) in [5.74, 6) is -0.536. The number of aldehydes is 1. The van der Waals surface area contributed by atoms with Gasteiger partial charge in [-0.3, -0.25) is 4.79 Å². The van der Waals surface area contributed by atoms with Gasteiger partial charge in [-0.1, -0.05) is 0 Å². The largest absolute Gasteiger partial charge is 0.461 e. The molecule has 0 bridgehead atoms. The van der Waals surface area contributed by atoms with Crippen molar-refractivity contribution in [1.82, 2.24) is 9.78 Å². The summed E-state index contributed by atoms with van der Waals surface area (Å²) in [4.78, 5) is 22.8. The molecule has 0 N–H and O–H groups in total. The van der Waals surface area contributed by atoms with Crippen molar-refractivity contribution in [2.75, 3.05) is 13.2 Å². The average molecular weight is 252 g/mol. The second kappa shape index (κ2) is 5.77. The van der Waals surface area contributed by atoms with E-state index in [0.29, 0.717) is 12.9 Å². The molecule has 1 aliphatic rings. The van der Waals surface area contributed by atoms with Gasteiger partial charge in [0.05, 0.1) is 18.4 Å². The van der Waals surface area contributed by atoms with Crippen LogP contribution in [0.1, 0.15) is 53.3 Å². The molecule has 1 aromatic rings. The minimum atomic E-state index is -0.536. The molecule has 1 aliphatic heterocycles. The van der Waals surface area contributed by atoms with Crippen molar-refractivity contribution in [1.29, 1.82) is 0 Å². The fourth-order valence-corrected chi connectivity index (χ4v) is 2.01. The van der Waals surface area contributed by atoms with Crippen molar-refractivity contribution in [3.8, 4) is 0 Å². The number of hydrogen-bond donors (Lipinski definition) is 0. The third-order valence-corrected chi connectivity index (χ3v) is 2.85. The SMILES string of the molecule is CCOC(=O)c1c(C=O)cnn1C1CCCCO1. The van der Waals surface area contributed by atoms with Crippen molar-refractivity contribution in [2.45, 2.75) is 32.4 Å².